The molecule has 0 N–H and O–H groups in total. The van der Waals surface area contributed by atoms with E-state index in [0.717, 1.165) is 23.6 Å². The van der Waals surface area contributed by atoms with E-state index in [1.165, 1.54) is 0 Å². The highest BCUT2D eigenvalue weighted by atomic mass is 35.5. The minimum Gasteiger partial charge on any atom is -0.492 e. The van der Waals surface area contributed by atoms with Gasteiger partial charge in [-0.1, -0.05) is 17.7 Å². The highest BCUT2D eigenvalue weighted by Gasteiger charge is 2.06. The van der Waals surface area contributed by atoms with Crippen molar-refractivity contribution in [1.29, 1.82) is 0 Å². The van der Waals surface area contributed by atoms with Crippen molar-refractivity contribution in [3.8, 4) is 5.75 Å². The lowest BCUT2D eigenvalue weighted by Gasteiger charge is -2.17. The number of likely N-dealkylation sites (N-methyl/N-ethyl adjacent to an activating group) is 1. The Morgan fingerprint density at radius 3 is 2.72 bits per heavy atom. The molecule has 0 saturated carbocycles. The Kier molecular flexibility index (Phi) is 5.36. The van der Waals surface area contributed by atoms with E-state index in [0.29, 0.717) is 23.8 Å². The molecular formula is C19H20ClN3O2. The van der Waals surface area contributed by atoms with E-state index in [9.17, 15) is 4.79 Å². The van der Waals surface area contributed by atoms with Crippen LogP contribution >= 0.6 is 11.6 Å². The van der Waals surface area contributed by atoms with Gasteiger partial charge in [0.1, 0.15) is 18.0 Å². The smallest absolute Gasteiger partial charge is 0.258 e. The number of aryl methyl sites for hydroxylation is 1. The van der Waals surface area contributed by atoms with Crippen molar-refractivity contribution < 1.29 is 4.74 Å². The molecule has 2 aromatic heterocycles. The molecule has 0 saturated heterocycles. The Bertz CT molecular complexity index is 922. The predicted molar refractivity (Wildman–Crippen MR) is 99.5 cm³/mol. The summed E-state index contributed by atoms with van der Waals surface area (Å²) in [7, 11) is 1.98. The van der Waals surface area contributed by atoms with Gasteiger partial charge in [0.25, 0.3) is 5.56 Å². The van der Waals surface area contributed by atoms with Gasteiger partial charge in [0.15, 0.2) is 0 Å². The van der Waals surface area contributed by atoms with Crippen LogP contribution in [0.4, 0.5) is 0 Å². The van der Waals surface area contributed by atoms with E-state index < -0.39 is 0 Å². The molecule has 2 heterocycles. The van der Waals surface area contributed by atoms with Crippen LogP contribution in [0, 0.1) is 6.92 Å². The molecular weight excluding hydrogens is 338 g/mol. The van der Waals surface area contributed by atoms with Crippen LogP contribution in [-0.4, -0.2) is 34.5 Å². The van der Waals surface area contributed by atoms with Gasteiger partial charge in [0, 0.05) is 30.4 Å². The van der Waals surface area contributed by atoms with Gasteiger partial charge in [0.05, 0.1) is 5.69 Å². The van der Waals surface area contributed by atoms with Crippen molar-refractivity contribution in [2.24, 2.45) is 0 Å². The van der Waals surface area contributed by atoms with Gasteiger partial charge in [-0.2, -0.15) is 0 Å². The molecule has 3 aromatic rings. The minimum atomic E-state index is -0.0606. The number of nitrogens with zero attached hydrogens (tertiary/aromatic N) is 3. The molecule has 0 unspecified atom stereocenters. The van der Waals surface area contributed by atoms with Gasteiger partial charge in [-0.05, 0) is 49.9 Å². The first kappa shape index (κ1) is 17.5. The van der Waals surface area contributed by atoms with Crippen molar-refractivity contribution in [2.75, 3.05) is 20.2 Å². The number of halogens is 1. The number of hydrogen-bond acceptors (Lipinski definition) is 4. The van der Waals surface area contributed by atoms with Gasteiger partial charge in [0.2, 0.25) is 0 Å². The Labute approximate surface area is 151 Å². The third kappa shape index (κ3) is 4.59. The van der Waals surface area contributed by atoms with Crippen molar-refractivity contribution in [3.63, 3.8) is 0 Å². The fraction of sp³-hybridized carbons (Fsp3) is 0.263. The van der Waals surface area contributed by atoms with Gasteiger partial charge in [-0.25, -0.2) is 4.98 Å². The number of aromatic nitrogens is 2. The first-order valence-electron chi connectivity index (χ1n) is 8.07. The molecule has 0 amide bonds. The number of rotatable bonds is 6. The van der Waals surface area contributed by atoms with Gasteiger partial charge < -0.3 is 4.74 Å². The molecule has 1 aromatic carbocycles. The molecule has 0 aliphatic rings. The van der Waals surface area contributed by atoms with Crippen LogP contribution in [0.2, 0.25) is 5.02 Å². The van der Waals surface area contributed by atoms with Crippen molar-refractivity contribution >= 4 is 17.2 Å². The summed E-state index contributed by atoms with van der Waals surface area (Å²) < 4.78 is 7.26. The molecule has 3 rings (SSSR count). The molecule has 5 nitrogen and oxygen atoms in total. The summed E-state index contributed by atoms with van der Waals surface area (Å²) in [5, 5.41) is 0.688. The Balaban J connectivity index is 1.60. The third-order valence-electron chi connectivity index (χ3n) is 3.85. The topological polar surface area (TPSA) is 46.8 Å². The van der Waals surface area contributed by atoms with Crippen LogP contribution in [0.3, 0.4) is 0 Å². The fourth-order valence-electron chi connectivity index (χ4n) is 2.54. The summed E-state index contributed by atoms with van der Waals surface area (Å²) in [5.74, 6) is 0.787. The van der Waals surface area contributed by atoms with Gasteiger partial charge >= 0.3 is 0 Å². The Morgan fingerprint density at radius 1 is 1.20 bits per heavy atom. The lowest BCUT2D eigenvalue weighted by Crippen LogP contribution is -2.26. The zero-order valence-electron chi connectivity index (χ0n) is 14.3. The molecule has 0 bridgehead atoms. The van der Waals surface area contributed by atoms with Gasteiger partial charge in [-0.15, -0.1) is 0 Å². The SMILES string of the molecule is Cc1ccc2nc(CN(C)CCOc3ccc(Cl)cc3)cc(=O)n2c1. The van der Waals surface area contributed by atoms with Crippen molar-refractivity contribution in [3.05, 3.63) is 75.3 Å². The quantitative estimate of drug-likeness (QED) is 0.680. The predicted octanol–water partition coefficient (Wildman–Crippen LogP) is 3.17. The minimum absolute atomic E-state index is 0.0606. The second kappa shape index (κ2) is 7.68. The van der Waals surface area contributed by atoms with Crippen LogP contribution < -0.4 is 10.3 Å². The maximum Gasteiger partial charge on any atom is 0.258 e. The van der Waals surface area contributed by atoms with Gasteiger partial charge in [-0.3, -0.25) is 14.1 Å². The standard InChI is InChI=1S/C19H20ClN3O2/c1-14-3-8-18-21-16(11-19(24)23(18)12-14)13-22(2)9-10-25-17-6-4-15(20)5-7-17/h3-8,11-12H,9-10,13H2,1-2H3. The van der Waals surface area contributed by atoms with Crippen LogP contribution in [0.25, 0.3) is 5.65 Å². The summed E-state index contributed by atoms with van der Waals surface area (Å²) in [5.41, 5.74) is 2.39. The number of hydrogen-bond donors (Lipinski definition) is 0. The number of fused-ring (bicyclic) bond motifs is 1. The number of pyridine rings is 1. The highest BCUT2D eigenvalue weighted by molar-refractivity contribution is 6.30. The van der Waals surface area contributed by atoms with Crippen molar-refractivity contribution in [1.82, 2.24) is 14.3 Å². The third-order valence-corrected chi connectivity index (χ3v) is 4.10. The fourth-order valence-corrected chi connectivity index (χ4v) is 2.67. The number of ether oxygens (including phenoxy) is 1. The second-order valence-corrected chi connectivity index (χ2v) is 6.50. The first-order valence-corrected chi connectivity index (χ1v) is 8.45. The summed E-state index contributed by atoms with van der Waals surface area (Å²) in [6.07, 6.45) is 1.80. The van der Waals surface area contributed by atoms with Crippen molar-refractivity contribution in [2.45, 2.75) is 13.5 Å². The average Bonchev–Trinajstić information content (AvgIpc) is 2.57. The maximum absolute atomic E-state index is 12.2. The summed E-state index contributed by atoms with van der Waals surface area (Å²) >= 11 is 5.85. The van der Waals surface area contributed by atoms with E-state index in [-0.39, 0.29) is 5.56 Å². The zero-order valence-corrected chi connectivity index (χ0v) is 15.0. The number of benzene rings is 1. The lowest BCUT2D eigenvalue weighted by atomic mass is 10.3. The highest BCUT2D eigenvalue weighted by Crippen LogP contribution is 2.15. The molecule has 6 heteroatoms. The molecule has 0 aliphatic carbocycles. The summed E-state index contributed by atoms with van der Waals surface area (Å²) in [6, 6.07) is 12.7. The molecule has 0 spiro atoms. The zero-order chi connectivity index (χ0) is 17.8. The first-order chi connectivity index (χ1) is 12.0. The molecule has 130 valence electrons. The second-order valence-electron chi connectivity index (χ2n) is 6.06. The van der Waals surface area contributed by atoms with E-state index >= 15 is 0 Å². The molecule has 0 aliphatic heterocycles. The largest absolute Gasteiger partial charge is 0.492 e. The Morgan fingerprint density at radius 2 is 1.96 bits per heavy atom. The van der Waals surface area contributed by atoms with E-state index in [4.69, 9.17) is 16.3 Å². The average molecular weight is 358 g/mol. The Hall–Kier alpha value is -2.37. The van der Waals surface area contributed by atoms with Crippen LogP contribution in [0.15, 0.2) is 53.5 Å². The van der Waals surface area contributed by atoms with E-state index in [1.54, 1.807) is 28.8 Å². The normalized spacial score (nSPS) is 11.2. The van der Waals surface area contributed by atoms with E-state index in [1.807, 2.05) is 38.2 Å². The molecule has 0 radical (unpaired) electrons. The molecule has 0 fully saturated rings. The maximum atomic E-state index is 12.2. The summed E-state index contributed by atoms with van der Waals surface area (Å²) in [6.45, 7) is 3.80. The lowest BCUT2D eigenvalue weighted by molar-refractivity contribution is 0.231. The van der Waals surface area contributed by atoms with Crippen LogP contribution in [0.5, 0.6) is 5.75 Å². The summed E-state index contributed by atoms with van der Waals surface area (Å²) in [4.78, 5) is 18.9. The van der Waals surface area contributed by atoms with E-state index in [2.05, 4.69) is 9.88 Å². The van der Waals surface area contributed by atoms with Crippen LogP contribution in [-0.2, 0) is 6.54 Å². The monoisotopic (exact) mass is 357 g/mol. The van der Waals surface area contributed by atoms with Crippen LogP contribution in [0.1, 0.15) is 11.3 Å². The molecule has 25 heavy (non-hydrogen) atoms. The molecule has 0 atom stereocenters.